The molecule has 1 saturated carbocycles. The van der Waals surface area contributed by atoms with Gasteiger partial charge in [-0.15, -0.1) is 0 Å². The van der Waals surface area contributed by atoms with Gasteiger partial charge in [0.2, 0.25) is 5.91 Å². The highest BCUT2D eigenvalue weighted by Crippen LogP contribution is 2.32. The second-order valence-electron chi connectivity index (χ2n) is 6.17. The van der Waals surface area contributed by atoms with Crippen LogP contribution >= 0.6 is 11.6 Å². The van der Waals surface area contributed by atoms with Crippen LogP contribution in [0.5, 0.6) is 0 Å². The molecule has 1 aliphatic heterocycles. The van der Waals surface area contributed by atoms with Crippen LogP contribution in [0.1, 0.15) is 36.5 Å². The van der Waals surface area contributed by atoms with Crippen LogP contribution in [-0.2, 0) is 9.53 Å². The van der Waals surface area contributed by atoms with Crippen LogP contribution in [0.3, 0.4) is 0 Å². The van der Waals surface area contributed by atoms with E-state index in [0.717, 1.165) is 12.8 Å². The van der Waals surface area contributed by atoms with E-state index in [-0.39, 0.29) is 18.4 Å². The molecule has 0 unspecified atom stereocenters. The molecule has 6 heteroatoms. The third-order valence-corrected chi connectivity index (χ3v) is 4.48. The lowest BCUT2D eigenvalue weighted by molar-refractivity contribution is -0.128. The number of amides is 1. The molecule has 124 valence electrons. The minimum absolute atomic E-state index is 0.0915. The molecule has 5 nitrogen and oxygen atoms in total. The number of nitrogens with zero attached hydrogens (tertiary/aromatic N) is 1. The van der Waals surface area contributed by atoms with E-state index in [1.54, 1.807) is 18.2 Å². The molecule has 2 fully saturated rings. The highest BCUT2D eigenvalue weighted by atomic mass is 35.5. The minimum atomic E-state index is -0.402. The van der Waals surface area contributed by atoms with Crippen LogP contribution in [0.15, 0.2) is 18.2 Å². The summed E-state index contributed by atoms with van der Waals surface area (Å²) in [6.07, 6.45) is 2.68. The van der Waals surface area contributed by atoms with Gasteiger partial charge < -0.3 is 15.0 Å². The third kappa shape index (κ3) is 3.78. The van der Waals surface area contributed by atoms with Crippen molar-refractivity contribution in [1.29, 1.82) is 0 Å². The number of carbonyl (C=O) groups is 2. The third-order valence-electron chi connectivity index (χ3n) is 4.25. The number of halogens is 1. The summed E-state index contributed by atoms with van der Waals surface area (Å²) >= 11 is 5.98. The molecular weight excluding hydrogens is 316 g/mol. The van der Waals surface area contributed by atoms with Crippen molar-refractivity contribution >= 4 is 29.2 Å². The largest absolute Gasteiger partial charge is 0.462 e. The quantitative estimate of drug-likeness (QED) is 0.811. The molecule has 0 radical (unpaired) electrons. The van der Waals surface area contributed by atoms with Gasteiger partial charge in [0, 0.05) is 42.2 Å². The van der Waals surface area contributed by atoms with Gasteiger partial charge in [-0.25, -0.2) is 4.79 Å². The van der Waals surface area contributed by atoms with Gasteiger partial charge in [-0.3, -0.25) is 4.79 Å². The Bertz CT molecular complexity index is 616. The molecule has 1 N–H and O–H groups in total. The van der Waals surface area contributed by atoms with Gasteiger partial charge in [0.15, 0.2) is 0 Å². The average Bonchev–Trinajstić information content (AvgIpc) is 3.30. The average molecular weight is 337 g/mol. The van der Waals surface area contributed by atoms with E-state index >= 15 is 0 Å². The predicted octanol–water partition coefficient (Wildman–Crippen LogP) is 2.94. The fourth-order valence-corrected chi connectivity index (χ4v) is 3.13. The number of ether oxygens (including phenoxy) is 1. The molecule has 1 heterocycles. The van der Waals surface area contributed by atoms with Crippen molar-refractivity contribution in [3.05, 3.63) is 28.8 Å². The zero-order valence-corrected chi connectivity index (χ0v) is 13.9. The molecule has 1 atom stereocenters. The smallest absolute Gasteiger partial charge is 0.340 e. The first-order valence-corrected chi connectivity index (χ1v) is 8.46. The monoisotopic (exact) mass is 336 g/mol. The molecule has 1 aromatic rings. The van der Waals surface area contributed by atoms with Crippen molar-refractivity contribution in [2.24, 2.45) is 5.92 Å². The maximum Gasteiger partial charge on any atom is 0.340 e. The van der Waals surface area contributed by atoms with Crippen molar-refractivity contribution in [3.63, 3.8) is 0 Å². The Morgan fingerprint density at radius 2 is 2.22 bits per heavy atom. The Hall–Kier alpha value is -1.75. The van der Waals surface area contributed by atoms with E-state index in [1.807, 2.05) is 11.8 Å². The first-order chi connectivity index (χ1) is 11.1. The Kier molecular flexibility index (Phi) is 4.76. The summed E-state index contributed by atoms with van der Waals surface area (Å²) in [5.41, 5.74) is 1.15. The maximum atomic E-state index is 12.3. The lowest BCUT2D eigenvalue weighted by atomic mass is 10.1. The van der Waals surface area contributed by atoms with Crippen LogP contribution in [-0.4, -0.2) is 42.5 Å². The van der Waals surface area contributed by atoms with Crippen LogP contribution in [0.25, 0.3) is 0 Å². The Balaban J connectivity index is 1.59. The summed E-state index contributed by atoms with van der Waals surface area (Å²) in [6, 6.07) is 5.55. The molecule has 1 aliphatic carbocycles. The van der Waals surface area contributed by atoms with Crippen molar-refractivity contribution < 1.29 is 14.3 Å². The van der Waals surface area contributed by atoms with Crippen molar-refractivity contribution in [1.82, 2.24) is 4.90 Å². The van der Waals surface area contributed by atoms with Gasteiger partial charge in [-0.05, 0) is 38.0 Å². The molecule has 0 aromatic heterocycles. The van der Waals surface area contributed by atoms with Gasteiger partial charge >= 0.3 is 5.97 Å². The summed E-state index contributed by atoms with van der Waals surface area (Å²) in [5, 5.41) is 3.62. The SMILES string of the molecule is CCNc1ccc(Cl)cc1C(=O)OC[C@@H]1CC(=O)N(C2CC2)C1. The van der Waals surface area contributed by atoms with Crippen molar-refractivity contribution in [3.8, 4) is 0 Å². The summed E-state index contributed by atoms with van der Waals surface area (Å²) in [7, 11) is 0. The summed E-state index contributed by atoms with van der Waals surface area (Å²) in [5.74, 6) is -0.126. The number of hydrogen-bond acceptors (Lipinski definition) is 4. The van der Waals surface area contributed by atoms with E-state index in [0.29, 0.717) is 41.8 Å². The normalized spacial score (nSPS) is 20.7. The molecule has 1 saturated heterocycles. The van der Waals surface area contributed by atoms with Crippen LogP contribution in [0, 0.1) is 5.92 Å². The number of esters is 1. The molecular formula is C17H21ClN2O3. The number of carbonyl (C=O) groups excluding carboxylic acids is 2. The zero-order chi connectivity index (χ0) is 16.4. The van der Waals surface area contributed by atoms with E-state index in [4.69, 9.17) is 16.3 Å². The van der Waals surface area contributed by atoms with Crippen LogP contribution in [0.2, 0.25) is 5.02 Å². The highest BCUT2D eigenvalue weighted by Gasteiger charge is 2.39. The zero-order valence-electron chi connectivity index (χ0n) is 13.2. The van der Waals surface area contributed by atoms with Crippen molar-refractivity contribution in [2.75, 3.05) is 25.0 Å². The van der Waals surface area contributed by atoms with E-state index < -0.39 is 5.97 Å². The number of hydrogen-bond donors (Lipinski definition) is 1. The van der Waals surface area contributed by atoms with Gasteiger partial charge in [0.1, 0.15) is 0 Å². The number of nitrogens with one attached hydrogen (secondary N) is 1. The fraction of sp³-hybridized carbons (Fsp3) is 0.529. The standard InChI is InChI=1S/C17H21ClN2O3/c1-2-19-15-6-3-12(18)8-14(15)17(22)23-10-11-7-16(21)20(9-11)13-4-5-13/h3,6,8,11,13,19H,2,4-5,7,9-10H2,1H3/t11-/m1/s1. The first-order valence-electron chi connectivity index (χ1n) is 8.08. The predicted molar refractivity (Wildman–Crippen MR) is 88.7 cm³/mol. The fourth-order valence-electron chi connectivity index (χ4n) is 2.96. The topological polar surface area (TPSA) is 58.6 Å². The number of benzene rings is 1. The van der Waals surface area contributed by atoms with Crippen molar-refractivity contribution in [2.45, 2.75) is 32.2 Å². The lowest BCUT2D eigenvalue weighted by Gasteiger charge is -2.16. The summed E-state index contributed by atoms with van der Waals surface area (Å²) < 4.78 is 5.43. The summed E-state index contributed by atoms with van der Waals surface area (Å²) in [4.78, 5) is 26.2. The maximum absolute atomic E-state index is 12.3. The lowest BCUT2D eigenvalue weighted by Crippen LogP contribution is -2.28. The van der Waals surface area contributed by atoms with Gasteiger partial charge in [-0.2, -0.15) is 0 Å². The van der Waals surface area contributed by atoms with E-state index in [1.165, 1.54) is 0 Å². The Morgan fingerprint density at radius 1 is 1.43 bits per heavy atom. The Labute approximate surface area is 140 Å². The highest BCUT2D eigenvalue weighted by molar-refractivity contribution is 6.31. The van der Waals surface area contributed by atoms with Gasteiger partial charge in [0.25, 0.3) is 0 Å². The molecule has 23 heavy (non-hydrogen) atoms. The van der Waals surface area contributed by atoms with Gasteiger partial charge in [0.05, 0.1) is 12.2 Å². The molecule has 1 aromatic carbocycles. The molecule has 2 aliphatic rings. The molecule has 0 bridgehead atoms. The number of rotatable bonds is 6. The Morgan fingerprint density at radius 3 is 2.91 bits per heavy atom. The van der Waals surface area contributed by atoms with E-state index in [9.17, 15) is 9.59 Å². The number of anilines is 1. The van der Waals surface area contributed by atoms with Crippen LogP contribution in [0.4, 0.5) is 5.69 Å². The molecule has 1 amide bonds. The molecule has 0 spiro atoms. The van der Waals surface area contributed by atoms with Crippen LogP contribution < -0.4 is 5.32 Å². The van der Waals surface area contributed by atoms with E-state index in [2.05, 4.69) is 5.32 Å². The minimum Gasteiger partial charge on any atom is -0.462 e. The van der Waals surface area contributed by atoms with Gasteiger partial charge in [-0.1, -0.05) is 11.6 Å². The second kappa shape index (κ2) is 6.79. The summed E-state index contributed by atoms with van der Waals surface area (Å²) in [6.45, 7) is 3.63. The molecule has 3 rings (SSSR count). The second-order valence-corrected chi connectivity index (χ2v) is 6.60. The first kappa shape index (κ1) is 16.1. The number of likely N-dealkylation sites (tertiary alicyclic amines) is 1.